The highest BCUT2D eigenvalue weighted by Gasteiger charge is 2.28. The molecule has 1 atom stereocenters. The second-order valence-electron chi connectivity index (χ2n) is 5.41. The zero-order valence-corrected chi connectivity index (χ0v) is 13.6. The fraction of sp³-hybridized carbons (Fsp3) is 0.467. The number of nitrogens with zero attached hydrogens (tertiary/aromatic N) is 2. The van der Waals surface area contributed by atoms with Crippen LogP contribution < -0.4 is 5.32 Å². The number of H-pyrrole nitrogens is 1. The predicted molar refractivity (Wildman–Crippen MR) is 86.4 cm³/mol. The lowest BCUT2D eigenvalue weighted by Crippen LogP contribution is -2.42. The number of benzene rings is 1. The van der Waals surface area contributed by atoms with Crippen LogP contribution in [-0.4, -0.2) is 46.7 Å². The van der Waals surface area contributed by atoms with E-state index in [4.69, 9.17) is 0 Å². The van der Waals surface area contributed by atoms with Gasteiger partial charge in [0.05, 0.1) is 5.52 Å². The highest BCUT2D eigenvalue weighted by molar-refractivity contribution is 9.10. The standard InChI is InChI=1S/C15H19BrN4O/c1-2-7-20(11-5-6-17-9-11)15(21)14-12-8-10(16)3-4-13(12)18-19-14/h3-4,8,11,17H,2,5-7,9H2,1H3,(H,18,19). The third-order valence-corrected chi connectivity index (χ3v) is 4.42. The highest BCUT2D eigenvalue weighted by Crippen LogP contribution is 2.23. The summed E-state index contributed by atoms with van der Waals surface area (Å²) in [5.41, 5.74) is 1.41. The summed E-state index contributed by atoms with van der Waals surface area (Å²) in [5.74, 6) is 0.0231. The Balaban J connectivity index is 1.95. The topological polar surface area (TPSA) is 61.0 Å². The van der Waals surface area contributed by atoms with Gasteiger partial charge in [-0.25, -0.2) is 0 Å². The number of rotatable bonds is 4. The van der Waals surface area contributed by atoms with Gasteiger partial charge in [-0.15, -0.1) is 0 Å². The van der Waals surface area contributed by atoms with Crippen molar-refractivity contribution in [3.05, 3.63) is 28.4 Å². The van der Waals surface area contributed by atoms with Crippen molar-refractivity contribution in [3.63, 3.8) is 0 Å². The molecule has 2 aromatic rings. The van der Waals surface area contributed by atoms with Gasteiger partial charge >= 0.3 is 0 Å². The Hall–Kier alpha value is -1.40. The number of nitrogens with one attached hydrogen (secondary N) is 2. The van der Waals surface area contributed by atoms with Gasteiger partial charge in [0.2, 0.25) is 0 Å². The molecule has 0 radical (unpaired) electrons. The van der Waals surface area contributed by atoms with Crippen LogP contribution in [0.25, 0.3) is 10.9 Å². The van der Waals surface area contributed by atoms with Crippen LogP contribution in [0.15, 0.2) is 22.7 Å². The Morgan fingerprint density at radius 1 is 1.52 bits per heavy atom. The Bertz CT molecular complexity index is 648. The molecule has 0 spiro atoms. The quantitative estimate of drug-likeness (QED) is 0.890. The van der Waals surface area contributed by atoms with Gasteiger partial charge in [-0.3, -0.25) is 9.89 Å². The van der Waals surface area contributed by atoms with E-state index in [1.54, 1.807) is 0 Å². The minimum atomic E-state index is 0.0231. The summed E-state index contributed by atoms with van der Waals surface area (Å²) in [4.78, 5) is 14.9. The van der Waals surface area contributed by atoms with E-state index < -0.39 is 0 Å². The normalized spacial score (nSPS) is 18.3. The molecule has 0 bridgehead atoms. The molecule has 3 rings (SSSR count). The molecular formula is C15H19BrN4O. The van der Waals surface area contributed by atoms with Crippen molar-refractivity contribution < 1.29 is 4.79 Å². The lowest BCUT2D eigenvalue weighted by atomic mass is 10.1. The Morgan fingerprint density at radius 2 is 2.38 bits per heavy atom. The molecule has 6 heteroatoms. The molecule has 5 nitrogen and oxygen atoms in total. The minimum absolute atomic E-state index is 0.0231. The smallest absolute Gasteiger partial charge is 0.275 e. The molecule has 0 saturated carbocycles. The van der Waals surface area contributed by atoms with Crippen molar-refractivity contribution in [1.82, 2.24) is 20.4 Å². The molecule has 21 heavy (non-hydrogen) atoms. The Labute approximate surface area is 132 Å². The van der Waals surface area contributed by atoms with E-state index in [2.05, 4.69) is 38.4 Å². The van der Waals surface area contributed by atoms with E-state index in [9.17, 15) is 4.79 Å². The van der Waals surface area contributed by atoms with Crippen molar-refractivity contribution >= 4 is 32.7 Å². The van der Waals surface area contributed by atoms with Gasteiger partial charge in [-0.2, -0.15) is 5.10 Å². The summed E-state index contributed by atoms with van der Waals surface area (Å²) in [6, 6.07) is 6.10. The van der Waals surface area contributed by atoms with Crippen LogP contribution in [0.5, 0.6) is 0 Å². The fourth-order valence-electron chi connectivity index (χ4n) is 2.88. The van der Waals surface area contributed by atoms with Gasteiger partial charge in [0.25, 0.3) is 5.91 Å². The molecule has 0 aliphatic carbocycles. The van der Waals surface area contributed by atoms with Gasteiger partial charge in [0.15, 0.2) is 5.69 Å². The summed E-state index contributed by atoms with van der Waals surface area (Å²) >= 11 is 3.46. The van der Waals surface area contributed by atoms with E-state index >= 15 is 0 Å². The predicted octanol–water partition coefficient (Wildman–Crippen LogP) is 2.54. The fourth-order valence-corrected chi connectivity index (χ4v) is 3.24. The first-order valence-electron chi connectivity index (χ1n) is 7.36. The monoisotopic (exact) mass is 350 g/mol. The highest BCUT2D eigenvalue weighted by atomic mass is 79.9. The first kappa shape index (κ1) is 14.5. The van der Waals surface area contributed by atoms with Crippen LogP contribution in [0.4, 0.5) is 0 Å². The van der Waals surface area contributed by atoms with Crippen LogP contribution in [0.1, 0.15) is 30.3 Å². The van der Waals surface area contributed by atoms with Crippen LogP contribution in [-0.2, 0) is 0 Å². The van der Waals surface area contributed by atoms with Gasteiger partial charge < -0.3 is 10.2 Å². The molecule has 1 saturated heterocycles. The Morgan fingerprint density at radius 3 is 3.10 bits per heavy atom. The number of carbonyl (C=O) groups is 1. The summed E-state index contributed by atoms with van der Waals surface area (Å²) in [6.07, 6.45) is 1.96. The van der Waals surface area contributed by atoms with Gasteiger partial charge in [0, 0.05) is 29.0 Å². The molecule has 1 aromatic heterocycles. The molecule has 1 unspecified atom stereocenters. The summed E-state index contributed by atoms with van der Waals surface area (Å²) in [5, 5.41) is 11.4. The molecular weight excluding hydrogens is 332 g/mol. The maximum absolute atomic E-state index is 12.9. The number of aromatic nitrogens is 2. The molecule has 1 aliphatic heterocycles. The minimum Gasteiger partial charge on any atom is -0.333 e. The molecule has 1 aromatic carbocycles. The third kappa shape index (κ3) is 2.82. The van der Waals surface area contributed by atoms with Gasteiger partial charge in [-0.1, -0.05) is 22.9 Å². The average Bonchev–Trinajstić information content (AvgIpc) is 3.13. The van der Waals surface area contributed by atoms with Crippen molar-refractivity contribution in [2.75, 3.05) is 19.6 Å². The van der Waals surface area contributed by atoms with E-state index in [1.807, 2.05) is 23.1 Å². The SMILES string of the molecule is CCCN(C(=O)c1n[nH]c2ccc(Br)cc12)C1CCNC1. The average molecular weight is 351 g/mol. The summed E-state index contributed by atoms with van der Waals surface area (Å²) < 4.78 is 0.954. The van der Waals surface area contributed by atoms with Crippen LogP contribution in [0.2, 0.25) is 0 Å². The van der Waals surface area contributed by atoms with Gasteiger partial charge in [0.1, 0.15) is 0 Å². The second-order valence-corrected chi connectivity index (χ2v) is 6.32. The number of amides is 1. The second kappa shape index (κ2) is 6.15. The number of fused-ring (bicyclic) bond motifs is 1. The van der Waals surface area contributed by atoms with Crippen molar-refractivity contribution in [3.8, 4) is 0 Å². The molecule has 1 aliphatic rings. The van der Waals surface area contributed by atoms with Crippen molar-refractivity contribution in [1.29, 1.82) is 0 Å². The van der Waals surface area contributed by atoms with E-state index in [-0.39, 0.29) is 11.9 Å². The maximum atomic E-state index is 12.9. The zero-order chi connectivity index (χ0) is 14.8. The number of hydrogen-bond donors (Lipinski definition) is 2. The molecule has 2 N–H and O–H groups in total. The zero-order valence-electron chi connectivity index (χ0n) is 12.0. The first-order valence-corrected chi connectivity index (χ1v) is 8.15. The van der Waals surface area contributed by atoms with E-state index in [1.165, 1.54) is 0 Å². The largest absolute Gasteiger partial charge is 0.333 e. The number of carbonyl (C=O) groups excluding carboxylic acids is 1. The van der Waals surface area contributed by atoms with E-state index in [0.717, 1.165) is 47.9 Å². The number of aromatic amines is 1. The molecule has 1 fully saturated rings. The lowest BCUT2D eigenvalue weighted by Gasteiger charge is -2.27. The summed E-state index contributed by atoms with van der Waals surface area (Å²) in [7, 11) is 0. The van der Waals surface area contributed by atoms with Crippen LogP contribution >= 0.6 is 15.9 Å². The van der Waals surface area contributed by atoms with Crippen molar-refractivity contribution in [2.45, 2.75) is 25.8 Å². The number of hydrogen-bond acceptors (Lipinski definition) is 3. The van der Waals surface area contributed by atoms with E-state index in [0.29, 0.717) is 5.69 Å². The molecule has 1 amide bonds. The third-order valence-electron chi connectivity index (χ3n) is 3.93. The van der Waals surface area contributed by atoms with Crippen molar-refractivity contribution in [2.24, 2.45) is 0 Å². The van der Waals surface area contributed by atoms with Crippen LogP contribution in [0.3, 0.4) is 0 Å². The maximum Gasteiger partial charge on any atom is 0.275 e. The lowest BCUT2D eigenvalue weighted by molar-refractivity contribution is 0.0688. The molecule has 112 valence electrons. The van der Waals surface area contributed by atoms with Crippen LogP contribution in [0, 0.1) is 0 Å². The first-order chi connectivity index (χ1) is 10.2. The van der Waals surface area contributed by atoms with Gasteiger partial charge in [-0.05, 0) is 37.6 Å². The summed E-state index contributed by atoms with van der Waals surface area (Å²) in [6.45, 7) is 4.72. The number of halogens is 1. The molecule has 2 heterocycles. The Kier molecular flexibility index (Phi) is 4.26.